The van der Waals surface area contributed by atoms with Gasteiger partial charge in [-0.05, 0) is 36.2 Å². The van der Waals surface area contributed by atoms with Crippen LogP contribution >= 0.6 is 0 Å². The molecule has 4 rings (SSSR count). The molecule has 30 heavy (non-hydrogen) atoms. The fourth-order valence-corrected chi connectivity index (χ4v) is 3.75. The zero-order valence-corrected chi connectivity index (χ0v) is 17.5. The minimum Gasteiger partial charge on any atom is -0.378 e. The van der Waals surface area contributed by atoms with E-state index in [0.29, 0.717) is 13.1 Å². The second kappa shape index (κ2) is 9.63. The van der Waals surface area contributed by atoms with Gasteiger partial charge in [0.1, 0.15) is 0 Å². The Morgan fingerprint density at radius 3 is 2.70 bits per heavy atom. The number of anilines is 1. The van der Waals surface area contributed by atoms with E-state index in [2.05, 4.69) is 50.1 Å². The largest absolute Gasteiger partial charge is 0.378 e. The van der Waals surface area contributed by atoms with Crippen LogP contribution in [0, 0.1) is 0 Å². The van der Waals surface area contributed by atoms with Gasteiger partial charge in [0, 0.05) is 45.5 Å². The topological polar surface area (TPSA) is 62.6 Å². The first-order valence-electron chi connectivity index (χ1n) is 10.5. The highest BCUT2D eigenvalue weighted by Crippen LogP contribution is 2.17. The van der Waals surface area contributed by atoms with Crippen molar-refractivity contribution in [3.63, 3.8) is 0 Å². The summed E-state index contributed by atoms with van der Waals surface area (Å²) in [5, 5.41) is 3.01. The van der Waals surface area contributed by atoms with Gasteiger partial charge in [0.2, 0.25) is 0 Å². The van der Waals surface area contributed by atoms with Gasteiger partial charge in [-0.2, -0.15) is 0 Å². The fourth-order valence-electron chi connectivity index (χ4n) is 3.75. The van der Waals surface area contributed by atoms with E-state index >= 15 is 0 Å². The second-order valence-electron chi connectivity index (χ2n) is 7.63. The number of urea groups is 1. The number of benzene rings is 2. The molecule has 0 saturated carbocycles. The smallest absolute Gasteiger partial charge is 0.317 e. The first kappa shape index (κ1) is 20.2. The molecule has 1 aromatic heterocycles. The van der Waals surface area contributed by atoms with Crippen LogP contribution < -0.4 is 10.2 Å². The van der Waals surface area contributed by atoms with Gasteiger partial charge in [-0.3, -0.25) is 0 Å². The van der Waals surface area contributed by atoms with Crippen molar-refractivity contribution in [3.05, 3.63) is 60.4 Å². The number of para-hydroxylation sites is 2. The summed E-state index contributed by atoms with van der Waals surface area (Å²) in [7, 11) is 1.83. The van der Waals surface area contributed by atoms with E-state index in [0.717, 1.165) is 55.9 Å². The van der Waals surface area contributed by atoms with E-state index in [-0.39, 0.29) is 6.03 Å². The van der Waals surface area contributed by atoms with Crippen molar-refractivity contribution in [2.75, 3.05) is 44.8 Å². The Kier molecular flexibility index (Phi) is 6.49. The first-order valence-corrected chi connectivity index (χ1v) is 10.5. The number of nitrogens with zero attached hydrogens (tertiary/aromatic N) is 4. The van der Waals surface area contributed by atoms with Crippen LogP contribution in [0.3, 0.4) is 0 Å². The molecule has 0 aliphatic carbocycles. The maximum Gasteiger partial charge on any atom is 0.317 e. The van der Waals surface area contributed by atoms with Crippen LogP contribution in [-0.4, -0.2) is 60.4 Å². The third kappa shape index (κ3) is 4.91. The van der Waals surface area contributed by atoms with Gasteiger partial charge >= 0.3 is 6.03 Å². The molecular weight excluding hydrogens is 378 g/mol. The Morgan fingerprint density at radius 1 is 1.13 bits per heavy atom. The molecule has 158 valence electrons. The molecule has 1 fully saturated rings. The van der Waals surface area contributed by atoms with E-state index < -0.39 is 0 Å². The second-order valence-corrected chi connectivity index (χ2v) is 7.63. The Labute approximate surface area is 177 Å². The van der Waals surface area contributed by atoms with Gasteiger partial charge in [-0.15, -0.1) is 0 Å². The van der Waals surface area contributed by atoms with Crippen molar-refractivity contribution < 1.29 is 9.53 Å². The summed E-state index contributed by atoms with van der Waals surface area (Å²) in [5.41, 5.74) is 4.46. The molecule has 2 heterocycles. The Morgan fingerprint density at radius 2 is 1.90 bits per heavy atom. The number of aryl methyl sites for hydroxylation is 1. The van der Waals surface area contributed by atoms with E-state index in [1.165, 1.54) is 5.69 Å². The van der Waals surface area contributed by atoms with E-state index in [4.69, 9.17) is 4.74 Å². The summed E-state index contributed by atoms with van der Waals surface area (Å²) in [4.78, 5) is 20.9. The lowest BCUT2D eigenvalue weighted by atomic mass is 10.2. The van der Waals surface area contributed by atoms with Gasteiger partial charge in [0.15, 0.2) is 0 Å². The number of imidazole rings is 1. The van der Waals surface area contributed by atoms with Gasteiger partial charge in [-0.25, -0.2) is 9.78 Å². The van der Waals surface area contributed by atoms with Crippen LogP contribution in [0.4, 0.5) is 10.5 Å². The third-order valence-corrected chi connectivity index (χ3v) is 5.46. The molecule has 3 aromatic rings. The van der Waals surface area contributed by atoms with Crippen LogP contribution in [0.15, 0.2) is 54.9 Å². The van der Waals surface area contributed by atoms with Gasteiger partial charge < -0.3 is 24.4 Å². The number of hydrogen-bond donors (Lipinski definition) is 1. The van der Waals surface area contributed by atoms with Gasteiger partial charge in [0.05, 0.1) is 30.6 Å². The lowest BCUT2D eigenvalue weighted by Crippen LogP contribution is -2.37. The lowest BCUT2D eigenvalue weighted by Gasteiger charge is -2.29. The Bertz CT molecular complexity index is 963. The van der Waals surface area contributed by atoms with E-state index in [1.807, 2.05) is 31.6 Å². The van der Waals surface area contributed by atoms with Crippen molar-refractivity contribution in [3.8, 4) is 0 Å². The van der Waals surface area contributed by atoms with Gasteiger partial charge in [0.25, 0.3) is 0 Å². The average molecular weight is 408 g/mol. The molecule has 0 spiro atoms. The molecule has 2 aromatic carbocycles. The normalized spacial score (nSPS) is 14.1. The van der Waals surface area contributed by atoms with Crippen molar-refractivity contribution >= 4 is 22.8 Å². The predicted molar refractivity (Wildman–Crippen MR) is 119 cm³/mol. The molecule has 7 nitrogen and oxygen atoms in total. The molecule has 1 aliphatic heterocycles. The standard InChI is InChI=1S/C23H29N5O2/c1-26(17-19-7-9-20(10-8-19)27-13-15-30-16-14-27)23(29)24-11-4-12-28-18-25-21-5-2-3-6-22(21)28/h2-3,5-10,18H,4,11-17H2,1H3,(H,24,29). The summed E-state index contributed by atoms with van der Waals surface area (Å²) >= 11 is 0. The maximum absolute atomic E-state index is 12.4. The quantitative estimate of drug-likeness (QED) is 0.612. The zero-order valence-electron chi connectivity index (χ0n) is 17.5. The number of morpholine rings is 1. The van der Waals surface area contributed by atoms with Crippen LogP contribution in [0.5, 0.6) is 0 Å². The molecule has 7 heteroatoms. The number of amides is 2. The van der Waals surface area contributed by atoms with E-state index in [9.17, 15) is 4.79 Å². The number of ether oxygens (including phenoxy) is 1. The number of hydrogen-bond acceptors (Lipinski definition) is 4. The number of carbonyl (C=O) groups is 1. The van der Waals surface area contributed by atoms with Crippen LogP contribution in [0.25, 0.3) is 11.0 Å². The minimum atomic E-state index is -0.0530. The molecule has 0 atom stereocenters. The van der Waals surface area contributed by atoms with Crippen LogP contribution in [-0.2, 0) is 17.8 Å². The fraction of sp³-hybridized carbons (Fsp3) is 0.391. The zero-order chi connectivity index (χ0) is 20.8. The van der Waals surface area contributed by atoms with Crippen molar-refractivity contribution in [1.29, 1.82) is 0 Å². The van der Waals surface area contributed by atoms with Crippen LogP contribution in [0.1, 0.15) is 12.0 Å². The highest BCUT2D eigenvalue weighted by molar-refractivity contribution is 5.75. The molecule has 0 bridgehead atoms. The predicted octanol–water partition coefficient (Wildman–Crippen LogP) is 3.10. The molecule has 1 N–H and O–H groups in total. The summed E-state index contributed by atoms with van der Waals surface area (Å²) in [6.07, 6.45) is 2.72. The maximum atomic E-state index is 12.4. The summed E-state index contributed by atoms with van der Waals surface area (Å²) in [5.74, 6) is 0. The van der Waals surface area contributed by atoms with E-state index in [1.54, 1.807) is 4.90 Å². The number of fused-ring (bicyclic) bond motifs is 1. The van der Waals surface area contributed by atoms with Crippen molar-refractivity contribution in [2.45, 2.75) is 19.5 Å². The first-order chi connectivity index (χ1) is 14.7. The lowest BCUT2D eigenvalue weighted by molar-refractivity contribution is 0.122. The number of nitrogens with one attached hydrogen (secondary N) is 1. The van der Waals surface area contributed by atoms with Crippen molar-refractivity contribution in [1.82, 2.24) is 19.8 Å². The Hall–Kier alpha value is -3.06. The summed E-state index contributed by atoms with van der Waals surface area (Å²) in [6.45, 7) is 5.46. The van der Waals surface area contributed by atoms with Crippen LogP contribution in [0.2, 0.25) is 0 Å². The molecule has 1 saturated heterocycles. The number of carbonyl (C=O) groups excluding carboxylic acids is 1. The highest BCUT2D eigenvalue weighted by Gasteiger charge is 2.12. The summed E-state index contributed by atoms with van der Waals surface area (Å²) < 4.78 is 7.53. The average Bonchev–Trinajstić information content (AvgIpc) is 3.21. The molecule has 0 radical (unpaired) electrons. The third-order valence-electron chi connectivity index (χ3n) is 5.46. The minimum absolute atomic E-state index is 0.0530. The Balaban J connectivity index is 1.21. The molecule has 1 aliphatic rings. The molecule has 0 unspecified atom stereocenters. The monoisotopic (exact) mass is 407 g/mol. The van der Waals surface area contributed by atoms with Crippen molar-refractivity contribution in [2.24, 2.45) is 0 Å². The molecular formula is C23H29N5O2. The van der Waals surface area contributed by atoms with Gasteiger partial charge in [-0.1, -0.05) is 24.3 Å². The molecule has 2 amide bonds. The highest BCUT2D eigenvalue weighted by atomic mass is 16.5. The summed E-state index contributed by atoms with van der Waals surface area (Å²) in [6, 6.07) is 16.5. The number of rotatable bonds is 7. The number of aromatic nitrogens is 2. The SMILES string of the molecule is CN(Cc1ccc(N2CCOCC2)cc1)C(=O)NCCCn1cnc2ccccc21.